The molecule has 0 aliphatic heterocycles. The average Bonchev–Trinajstić information content (AvgIpc) is 3.09. The van der Waals surface area contributed by atoms with E-state index in [2.05, 4.69) is 20.3 Å². The molecule has 0 radical (unpaired) electrons. The normalized spacial score (nSPS) is 10.4. The summed E-state index contributed by atoms with van der Waals surface area (Å²) in [6, 6.07) is 4.37. The number of carbonyl (C=O) groups excluding carboxylic acids is 1. The Morgan fingerprint density at radius 3 is 2.88 bits per heavy atom. The van der Waals surface area contributed by atoms with Crippen molar-refractivity contribution in [2.45, 2.75) is 0 Å². The maximum absolute atomic E-state index is 13.4. The Balaban J connectivity index is 1.62. The summed E-state index contributed by atoms with van der Waals surface area (Å²) in [5.74, 6) is -1.60. The fourth-order valence-corrected chi connectivity index (χ4v) is 1.87. The van der Waals surface area contributed by atoms with E-state index < -0.39 is 24.1 Å². The summed E-state index contributed by atoms with van der Waals surface area (Å²) in [4.78, 5) is 23.7. The van der Waals surface area contributed by atoms with Crippen LogP contribution in [-0.4, -0.2) is 32.0 Å². The lowest BCUT2D eigenvalue weighted by molar-refractivity contribution is -0.118. The zero-order valence-electron chi connectivity index (χ0n) is 12.2. The van der Waals surface area contributed by atoms with Gasteiger partial charge < -0.3 is 10.1 Å². The van der Waals surface area contributed by atoms with Crippen LogP contribution in [-0.2, 0) is 4.79 Å². The number of nitrogens with one attached hydrogen (secondary N) is 1. The summed E-state index contributed by atoms with van der Waals surface area (Å²) < 4.78 is 32.9. The molecule has 0 atom stereocenters. The number of hydrogen-bond donors (Lipinski definition) is 1. The fourth-order valence-electron chi connectivity index (χ4n) is 1.87. The van der Waals surface area contributed by atoms with Crippen LogP contribution in [0.25, 0.3) is 5.82 Å². The molecule has 2 heterocycles. The lowest BCUT2D eigenvalue weighted by Gasteiger charge is -2.08. The van der Waals surface area contributed by atoms with Crippen LogP contribution in [0.3, 0.4) is 0 Å². The predicted octanol–water partition coefficient (Wildman–Crippen LogP) is 1.96. The molecular formula is C15H11F2N5O2. The second-order valence-electron chi connectivity index (χ2n) is 4.64. The van der Waals surface area contributed by atoms with Crippen molar-refractivity contribution < 1.29 is 18.3 Å². The van der Waals surface area contributed by atoms with E-state index in [-0.39, 0.29) is 11.6 Å². The molecule has 1 amide bonds. The average molecular weight is 331 g/mol. The number of imidazole rings is 1. The number of ether oxygens (including phenoxy) is 1. The molecule has 1 aromatic carbocycles. The maximum atomic E-state index is 13.4. The summed E-state index contributed by atoms with van der Waals surface area (Å²) >= 11 is 0. The molecule has 122 valence electrons. The summed E-state index contributed by atoms with van der Waals surface area (Å²) in [6.45, 7) is -0.451. The number of rotatable bonds is 5. The van der Waals surface area contributed by atoms with Crippen LogP contribution in [0.2, 0.25) is 0 Å². The van der Waals surface area contributed by atoms with E-state index in [1.54, 1.807) is 23.3 Å². The second kappa shape index (κ2) is 6.82. The van der Waals surface area contributed by atoms with Crippen LogP contribution in [0.5, 0.6) is 5.75 Å². The Morgan fingerprint density at radius 1 is 1.25 bits per heavy atom. The molecule has 7 nitrogen and oxygen atoms in total. The van der Waals surface area contributed by atoms with Crippen molar-refractivity contribution in [1.29, 1.82) is 0 Å². The molecule has 9 heteroatoms. The van der Waals surface area contributed by atoms with E-state index in [0.29, 0.717) is 11.9 Å². The summed E-state index contributed by atoms with van der Waals surface area (Å²) in [5.41, 5.74) is 0. The Bertz CT molecular complexity index is 855. The highest BCUT2D eigenvalue weighted by atomic mass is 19.1. The van der Waals surface area contributed by atoms with Crippen LogP contribution in [0.1, 0.15) is 0 Å². The van der Waals surface area contributed by atoms with E-state index in [1.165, 1.54) is 12.4 Å². The van der Waals surface area contributed by atoms with E-state index in [1.807, 2.05) is 0 Å². The van der Waals surface area contributed by atoms with Crippen LogP contribution < -0.4 is 10.1 Å². The van der Waals surface area contributed by atoms with Gasteiger partial charge in [-0.1, -0.05) is 0 Å². The van der Waals surface area contributed by atoms with Crippen molar-refractivity contribution >= 4 is 11.7 Å². The molecule has 0 aliphatic carbocycles. The SMILES string of the molecule is O=C(COc1ccc(F)cc1F)Nc1cc(-n2ccnc2)ncn1. The third-order valence-electron chi connectivity index (χ3n) is 2.94. The monoisotopic (exact) mass is 331 g/mol. The third kappa shape index (κ3) is 3.69. The number of carbonyl (C=O) groups is 1. The largest absolute Gasteiger partial charge is 0.481 e. The van der Waals surface area contributed by atoms with Gasteiger partial charge in [0.15, 0.2) is 18.2 Å². The number of halogens is 2. The Kier molecular flexibility index (Phi) is 4.41. The van der Waals surface area contributed by atoms with Gasteiger partial charge in [-0.05, 0) is 12.1 Å². The van der Waals surface area contributed by atoms with Crippen molar-refractivity contribution in [3.63, 3.8) is 0 Å². The number of amides is 1. The highest BCUT2D eigenvalue weighted by Crippen LogP contribution is 2.17. The third-order valence-corrected chi connectivity index (χ3v) is 2.94. The van der Waals surface area contributed by atoms with Crippen molar-refractivity contribution in [1.82, 2.24) is 19.5 Å². The molecule has 0 spiro atoms. The van der Waals surface area contributed by atoms with Crippen molar-refractivity contribution in [2.75, 3.05) is 11.9 Å². The van der Waals surface area contributed by atoms with Gasteiger partial charge in [0.05, 0.1) is 0 Å². The molecular weight excluding hydrogens is 320 g/mol. The van der Waals surface area contributed by atoms with Gasteiger partial charge in [0, 0.05) is 24.5 Å². The first-order valence-electron chi connectivity index (χ1n) is 6.80. The minimum atomic E-state index is -0.882. The lowest BCUT2D eigenvalue weighted by atomic mass is 10.3. The Hall–Kier alpha value is -3.36. The minimum Gasteiger partial charge on any atom is -0.481 e. The van der Waals surface area contributed by atoms with E-state index >= 15 is 0 Å². The summed E-state index contributed by atoms with van der Waals surface area (Å²) in [6.07, 6.45) is 6.11. The predicted molar refractivity (Wildman–Crippen MR) is 79.6 cm³/mol. The lowest BCUT2D eigenvalue weighted by Crippen LogP contribution is -2.21. The van der Waals surface area contributed by atoms with Crippen LogP contribution in [0.15, 0.2) is 49.3 Å². The van der Waals surface area contributed by atoms with Gasteiger partial charge in [0.2, 0.25) is 0 Å². The fraction of sp³-hybridized carbons (Fsp3) is 0.0667. The number of anilines is 1. The minimum absolute atomic E-state index is 0.214. The molecule has 0 aliphatic rings. The van der Waals surface area contributed by atoms with E-state index in [4.69, 9.17) is 4.74 Å². The number of hydrogen-bond acceptors (Lipinski definition) is 5. The highest BCUT2D eigenvalue weighted by molar-refractivity contribution is 5.91. The molecule has 0 fully saturated rings. The van der Waals surface area contributed by atoms with Gasteiger partial charge in [-0.2, -0.15) is 0 Å². The summed E-state index contributed by atoms with van der Waals surface area (Å²) in [5, 5.41) is 2.50. The van der Waals surface area contributed by atoms with Crippen LogP contribution >= 0.6 is 0 Å². The number of aromatic nitrogens is 4. The first kappa shape index (κ1) is 15.5. The van der Waals surface area contributed by atoms with Gasteiger partial charge in [-0.3, -0.25) is 9.36 Å². The molecule has 3 rings (SSSR count). The molecule has 0 saturated carbocycles. The van der Waals surface area contributed by atoms with Crippen molar-refractivity contribution in [3.05, 3.63) is 60.9 Å². The molecule has 0 unspecified atom stereocenters. The Labute approximate surface area is 135 Å². The summed E-state index contributed by atoms with van der Waals surface area (Å²) in [7, 11) is 0. The van der Waals surface area contributed by atoms with Crippen molar-refractivity contribution in [2.24, 2.45) is 0 Å². The molecule has 1 N–H and O–H groups in total. The molecule has 0 bridgehead atoms. The molecule has 24 heavy (non-hydrogen) atoms. The van der Waals surface area contributed by atoms with E-state index in [0.717, 1.165) is 12.1 Å². The quantitative estimate of drug-likeness (QED) is 0.773. The van der Waals surface area contributed by atoms with Gasteiger partial charge in [0.25, 0.3) is 5.91 Å². The number of benzene rings is 1. The van der Waals surface area contributed by atoms with Gasteiger partial charge >= 0.3 is 0 Å². The van der Waals surface area contributed by atoms with Crippen LogP contribution in [0.4, 0.5) is 14.6 Å². The zero-order chi connectivity index (χ0) is 16.9. The van der Waals surface area contributed by atoms with Crippen LogP contribution in [0, 0.1) is 11.6 Å². The van der Waals surface area contributed by atoms with Gasteiger partial charge in [0.1, 0.15) is 30.1 Å². The molecule has 2 aromatic heterocycles. The maximum Gasteiger partial charge on any atom is 0.263 e. The first-order valence-corrected chi connectivity index (χ1v) is 6.80. The Morgan fingerprint density at radius 2 is 2.12 bits per heavy atom. The van der Waals surface area contributed by atoms with Gasteiger partial charge in [-0.15, -0.1) is 0 Å². The smallest absolute Gasteiger partial charge is 0.263 e. The molecule has 3 aromatic rings. The standard InChI is InChI=1S/C15H11F2N5O2/c16-10-1-2-12(11(17)5-10)24-7-15(23)21-13-6-14(20-8-19-13)22-4-3-18-9-22/h1-6,8-9H,7H2,(H,19,20,21,23). The topological polar surface area (TPSA) is 81.9 Å². The number of nitrogens with zero attached hydrogens (tertiary/aromatic N) is 4. The zero-order valence-corrected chi connectivity index (χ0v) is 12.2. The van der Waals surface area contributed by atoms with Crippen molar-refractivity contribution in [3.8, 4) is 11.6 Å². The van der Waals surface area contributed by atoms with E-state index in [9.17, 15) is 13.6 Å². The van der Waals surface area contributed by atoms with Gasteiger partial charge in [-0.25, -0.2) is 23.7 Å². The first-order chi connectivity index (χ1) is 11.6. The second-order valence-corrected chi connectivity index (χ2v) is 4.64. The highest BCUT2D eigenvalue weighted by Gasteiger charge is 2.09. The molecule has 0 saturated heterocycles.